The van der Waals surface area contributed by atoms with E-state index < -0.39 is 0 Å². The number of alkyl halides is 1. The van der Waals surface area contributed by atoms with Gasteiger partial charge in [-0.2, -0.15) is 0 Å². The first-order valence-electron chi connectivity index (χ1n) is 6.27. The minimum Gasteiger partial charge on any atom is -0.378 e. The molecular formula is C12H22BrNO2. The average Bonchev–Trinajstić information content (AvgIpc) is 2.76. The van der Waals surface area contributed by atoms with Crippen molar-refractivity contribution >= 4 is 21.8 Å². The second-order valence-electron chi connectivity index (χ2n) is 4.29. The molecule has 0 aromatic heterocycles. The van der Waals surface area contributed by atoms with E-state index >= 15 is 0 Å². The fourth-order valence-corrected chi connectivity index (χ4v) is 2.28. The lowest BCUT2D eigenvalue weighted by Gasteiger charge is -2.09. The summed E-state index contributed by atoms with van der Waals surface area (Å²) >= 11 is 3.41. The van der Waals surface area contributed by atoms with Gasteiger partial charge in [-0.1, -0.05) is 28.8 Å². The number of hydrogen-bond donors (Lipinski definition) is 1. The number of unbranched alkanes of at least 4 members (excludes halogenated alkanes) is 3. The molecule has 1 rings (SSSR count). The maximum atomic E-state index is 11.5. The molecule has 4 heteroatoms. The van der Waals surface area contributed by atoms with Crippen LogP contribution in [0, 0.1) is 0 Å². The Kier molecular flexibility index (Phi) is 7.85. The molecule has 1 unspecified atom stereocenters. The molecule has 1 fully saturated rings. The predicted molar refractivity (Wildman–Crippen MR) is 68.9 cm³/mol. The average molecular weight is 292 g/mol. The summed E-state index contributed by atoms with van der Waals surface area (Å²) in [7, 11) is 0. The second-order valence-corrected chi connectivity index (χ2v) is 5.09. The lowest BCUT2D eigenvalue weighted by Crippen LogP contribution is -2.28. The molecule has 94 valence electrons. The van der Waals surface area contributed by atoms with Crippen molar-refractivity contribution in [1.82, 2.24) is 5.32 Å². The Morgan fingerprint density at radius 1 is 1.31 bits per heavy atom. The van der Waals surface area contributed by atoms with E-state index in [0.29, 0.717) is 6.42 Å². The van der Waals surface area contributed by atoms with Gasteiger partial charge >= 0.3 is 0 Å². The first-order chi connectivity index (χ1) is 7.83. The molecule has 0 spiro atoms. The molecule has 1 heterocycles. The van der Waals surface area contributed by atoms with Gasteiger partial charge in [-0.15, -0.1) is 0 Å². The van der Waals surface area contributed by atoms with E-state index in [-0.39, 0.29) is 12.0 Å². The van der Waals surface area contributed by atoms with Gasteiger partial charge in [0, 0.05) is 18.5 Å². The smallest absolute Gasteiger partial charge is 0.222 e. The van der Waals surface area contributed by atoms with Crippen LogP contribution in [0.2, 0.25) is 0 Å². The largest absolute Gasteiger partial charge is 0.378 e. The van der Waals surface area contributed by atoms with Crippen LogP contribution in [0.15, 0.2) is 0 Å². The van der Waals surface area contributed by atoms with Crippen molar-refractivity contribution in [3.8, 4) is 0 Å². The van der Waals surface area contributed by atoms with Crippen LogP contribution >= 0.6 is 15.9 Å². The Bertz CT molecular complexity index is 193. The fourth-order valence-electron chi connectivity index (χ4n) is 1.89. The molecular weight excluding hydrogens is 270 g/mol. The van der Waals surface area contributed by atoms with Gasteiger partial charge in [-0.05, 0) is 25.7 Å². The molecule has 3 nitrogen and oxygen atoms in total. The molecule has 0 saturated carbocycles. The van der Waals surface area contributed by atoms with Gasteiger partial charge in [0.05, 0.1) is 12.5 Å². The van der Waals surface area contributed by atoms with Crippen molar-refractivity contribution in [2.24, 2.45) is 0 Å². The van der Waals surface area contributed by atoms with Crippen molar-refractivity contribution in [2.75, 3.05) is 18.5 Å². The van der Waals surface area contributed by atoms with Gasteiger partial charge < -0.3 is 10.1 Å². The third-order valence-electron chi connectivity index (χ3n) is 2.82. The van der Waals surface area contributed by atoms with Gasteiger partial charge in [0.25, 0.3) is 0 Å². The molecule has 1 atom stereocenters. The maximum Gasteiger partial charge on any atom is 0.222 e. The summed E-state index contributed by atoms with van der Waals surface area (Å²) in [5.74, 6) is 0.146. The fraction of sp³-hybridized carbons (Fsp3) is 0.917. The SMILES string of the molecule is O=C(CC1CCCO1)NCCCCCCBr. The highest BCUT2D eigenvalue weighted by Crippen LogP contribution is 2.14. The van der Waals surface area contributed by atoms with Crippen molar-refractivity contribution in [1.29, 1.82) is 0 Å². The van der Waals surface area contributed by atoms with Gasteiger partial charge in [0.1, 0.15) is 0 Å². The molecule has 0 aromatic carbocycles. The minimum absolute atomic E-state index is 0.146. The summed E-state index contributed by atoms with van der Waals surface area (Å²) < 4.78 is 5.42. The van der Waals surface area contributed by atoms with E-state index in [0.717, 1.165) is 37.7 Å². The second kappa shape index (κ2) is 8.99. The molecule has 0 aliphatic carbocycles. The summed E-state index contributed by atoms with van der Waals surface area (Å²) in [5, 5.41) is 4.04. The van der Waals surface area contributed by atoms with Crippen LogP contribution in [0.1, 0.15) is 44.9 Å². The monoisotopic (exact) mass is 291 g/mol. The zero-order valence-electron chi connectivity index (χ0n) is 9.84. The quantitative estimate of drug-likeness (QED) is 0.551. The summed E-state index contributed by atoms with van der Waals surface area (Å²) in [6, 6.07) is 0. The van der Waals surface area contributed by atoms with Gasteiger partial charge in [-0.3, -0.25) is 4.79 Å². The van der Waals surface area contributed by atoms with E-state index in [1.807, 2.05) is 0 Å². The Morgan fingerprint density at radius 3 is 2.81 bits per heavy atom. The number of rotatable bonds is 8. The zero-order valence-corrected chi connectivity index (χ0v) is 11.4. The molecule has 0 bridgehead atoms. The standard InChI is InChI=1S/C12H22BrNO2/c13-7-3-1-2-4-8-14-12(15)10-11-6-5-9-16-11/h11H,1-10H2,(H,14,15). The lowest BCUT2D eigenvalue weighted by atomic mass is 10.1. The molecule has 1 saturated heterocycles. The Balaban J connectivity index is 1.89. The number of ether oxygens (including phenoxy) is 1. The highest BCUT2D eigenvalue weighted by atomic mass is 79.9. The normalized spacial score (nSPS) is 19.9. The topological polar surface area (TPSA) is 38.3 Å². The van der Waals surface area contributed by atoms with Crippen molar-refractivity contribution in [3.63, 3.8) is 0 Å². The molecule has 1 aliphatic rings. The summed E-state index contributed by atoms with van der Waals surface area (Å²) in [6.07, 6.45) is 7.62. The first-order valence-corrected chi connectivity index (χ1v) is 7.39. The predicted octanol–water partition coefficient (Wildman–Crippen LogP) is 2.63. The number of carbonyl (C=O) groups is 1. The molecule has 1 N–H and O–H groups in total. The van der Waals surface area contributed by atoms with Crippen molar-refractivity contribution in [2.45, 2.75) is 51.0 Å². The Hall–Kier alpha value is -0.0900. The summed E-state index contributed by atoms with van der Waals surface area (Å²) in [5.41, 5.74) is 0. The highest BCUT2D eigenvalue weighted by Gasteiger charge is 2.18. The Labute approximate surface area is 106 Å². The molecule has 0 radical (unpaired) electrons. The summed E-state index contributed by atoms with van der Waals surface area (Å²) in [4.78, 5) is 11.5. The zero-order chi connectivity index (χ0) is 11.6. The van der Waals surface area contributed by atoms with Crippen LogP contribution in [0.4, 0.5) is 0 Å². The van der Waals surface area contributed by atoms with Crippen LogP contribution in [-0.4, -0.2) is 30.5 Å². The Morgan fingerprint density at radius 2 is 2.12 bits per heavy atom. The van der Waals surface area contributed by atoms with Crippen LogP contribution in [0.5, 0.6) is 0 Å². The van der Waals surface area contributed by atoms with Crippen LogP contribution in [-0.2, 0) is 9.53 Å². The molecule has 1 aliphatic heterocycles. The van der Waals surface area contributed by atoms with Gasteiger partial charge in [0.15, 0.2) is 0 Å². The van der Waals surface area contributed by atoms with E-state index in [9.17, 15) is 4.79 Å². The molecule has 1 amide bonds. The van der Waals surface area contributed by atoms with Crippen LogP contribution in [0.25, 0.3) is 0 Å². The molecule has 0 aromatic rings. The van der Waals surface area contributed by atoms with Gasteiger partial charge in [-0.25, -0.2) is 0 Å². The first kappa shape index (κ1) is 14.0. The number of nitrogens with one attached hydrogen (secondary N) is 1. The number of hydrogen-bond acceptors (Lipinski definition) is 2. The third-order valence-corrected chi connectivity index (χ3v) is 3.38. The van der Waals surface area contributed by atoms with E-state index in [1.54, 1.807) is 0 Å². The van der Waals surface area contributed by atoms with E-state index in [1.165, 1.54) is 19.3 Å². The van der Waals surface area contributed by atoms with Crippen LogP contribution < -0.4 is 5.32 Å². The molecule has 16 heavy (non-hydrogen) atoms. The number of amides is 1. The van der Waals surface area contributed by atoms with Crippen molar-refractivity contribution in [3.05, 3.63) is 0 Å². The van der Waals surface area contributed by atoms with Crippen LogP contribution in [0.3, 0.4) is 0 Å². The maximum absolute atomic E-state index is 11.5. The van der Waals surface area contributed by atoms with Gasteiger partial charge in [0.2, 0.25) is 5.91 Å². The minimum atomic E-state index is 0.146. The van der Waals surface area contributed by atoms with E-state index in [4.69, 9.17) is 4.74 Å². The summed E-state index contributed by atoms with van der Waals surface area (Å²) in [6.45, 7) is 1.64. The lowest BCUT2D eigenvalue weighted by molar-refractivity contribution is -0.123. The van der Waals surface area contributed by atoms with Crippen molar-refractivity contribution < 1.29 is 9.53 Å². The third kappa shape index (κ3) is 6.48. The number of carbonyl (C=O) groups excluding carboxylic acids is 1. The number of halogens is 1. The van der Waals surface area contributed by atoms with E-state index in [2.05, 4.69) is 21.2 Å². The highest BCUT2D eigenvalue weighted by molar-refractivity contribution is 9.09.